The third kappa shape index (κ3) is 2.75. The van der Waals surface area contributed by atoms with Crippen LogP contribution in [0, 0.1) is 12.7 Å². The summed E-state index contributed by atoms with van der Waals surface area (Å²) >= 11 is 0. The van der Waals surface area contributed by atoms with Gasteiger partial charge in [0.15, 0.2) is 0 Å². The highest BCUT2D eigenvalue weighted by Gasteiger charge is 2.29. The quantitative estimate of drug-likeness (QED) is 0.885. The van der Waals surface area contributed by atoms with Gasteiger partial charge in [0, 0.05) is 18.7 Å². The van der Waals surface area contributed by atoms with Crippen LogP contribution < -0.4 is 10.2 Å². The lowest BCUT2D eigenvalue weighted by molar-refractivity contribution is -0.125. The van der Waals surface area contributed by atoms with Gasteiger partial charge in [-0.05, 0) is 37.1 Å². The molecule has 1 aromatic carbocycles. The van der Waals surface area contributed by atoms with Crippen molar-refractivity contribution in [3.05, 3.63) is 29.6 Å². The summed E-state index contributed by atoms with van der Waals surface area (Å²) in [5.74, 6) is -0.562. The highest BCUT2D eigenvalue weighted by Crippen LogP contribution is 2.21. The molecule has 1 heterocycles. The van der Waals surface area contributed by atoms with Gasteiger partial charge in [0.05, 0.1) is 0 Å². The van der Waals surface area contributed by atoms with Gasteiger partial charge in [-0.1, -0.05) is 6.92 Å². The molecular weight excluding hydrogens is 247 g/mol. The molecule has 2 rings (SSSR count). The van der Waals surface area contributed by atoms with E-state index in [-0.39, 0.29) is 24.1 Å². The van der Waals surface area contributed by atoms with Crippen molar-refractivity contribution >= 4 is 17.5 Å². The molecular formula is C14H17FN2O2. The molecule has 5 heteroatoms. The van der Waals surface area contributed by atoms with Crippen molar-refractivity contribution < 1.29 is 14.0 Å². The van der Waals surface area contributed by atoms with E-state index in [0.29, 0.717) is 24.2 Å². The van der Waals surface area contributed by atoms with Crippen LogP contribution >= 0.6 is 0 Å². The minimum absolute atomic E-state index is 0.124. The van der Waals surface area contributed by atoms with Crippen molar-refractivity contribution in [2.75, 3.05) is 11.4 Å². The maximum absolute atomic E-state index is 13.3. The van der Waals surface area contributed by atoms with E-state index < -0.39 is 6.04 Å². The summed E-state index contributed by atoms with van der Waals surface area (Å²) < 4.78 is 13.3. The van der Waals surface area contributed by atoms with E-state index in [2.05, 4.69) is 5.32 Å². The molecule has 0 bridgehead atoms. The largest absolute Gasteiger partial charge is 0.344 e. The number of benzene rings is 1. The molecule has 19 heavy (non-hydrogen) atoms. The van der Waals surface area contributed by atoms with Gasteiger partial charge in [-0.25, -0.2) is 4.39 Å². The van der Waals surface area contributed by atoms with Crippen molar-refractivity contribution in [3.63, 3.8) is 0 Å². The van der Waals surface area contributed by atoms with Gasteiger partial charge in [0.25, 0.3) is 0 Å². The van der Waals surface area contributed by atoms with E-state index in [0.717, 1.165) is 0 Å². The Balaban J connectivity index is 2.33. The summed E-state index contributed by atoms with van der Waals surface area (Å²) in [6, 6.07) is 4.05. The maximum atomic E-state index is 13.3. The smallest absolute Gasteiger partial charge is 0.249 e. The van der Waals surface area contributed by atoms with Crippen LogP contribution in [-0.2, 0) is 9.59 Å². The lowest BCUT2D eigenvalue weighted by Gasteiger charge is -2.23. The van der Waals surface area contributed by atoms with Gasteiger partial charge >= 0.3 is 0 Å². The summed E-state index contributed by atoms with van der Waals surface area (Å²) in [6.07, 6.45) is 0.805. The molecule has 0 saturated carbocycles. The molecule has 1 aromatic rings. The van der Waals surface area contributed by atoms with Crippen LogP contribution in [0.1, 0.15) is 25.3 Å². The van der Waals surface area contributed by atoms with E-state index in [1.807, 2.05) is 6.92 Å². The Labute approximate surface area is 111 Å². The van der Waals surface area contributed by atoms with Gasteiger partial charge in [0.2, 0.25) is 11.8 Å². The van der Waals surface area contributed by atoms with E-state index in [9.17, 15) is 14.0 Å². The predicted octanol–water partition coefficient (Wildman–Crippen LogP) is 1.77. The zero-order valence-electron chi connectivity index (χ0n) is 11.1. The number of aryl methyl sites for hydroxylation is 1. The Hall–Kier alpha value is -1.91. The monoisotopic (exact) mass is 264 g/mol. The van der Waals surface area contributed by atoms with Crippen LogP contribution in [0.2, 0.25) is 0 Å². The first-order valence-electron chi connectivity index (χ1n) is 6.39. The minimum Gasteiger partial charge on any atom is -0.344 e. The van der Waals surface area contributed by atoms with Crippen molar-refractivity contribution in [2.24, 2.45) is 0 Å². The number of halogens is 1. The molecule has 1 N–H and O–H groups in total. The van der Waals surface area contributed by atoms with Crippen LogP contribution in [-0.4, -0.2) is 24.4 Å². The van der Waals surface area contributed by atoms with E-state index in [4.69, 9.17) is 0 Å². The molecule has 1 unspecified atom stereocenters. The first-order valence-corrected chi connectivity index (χ1v) is 6.39. The first kappa shape index (κ1) is 13.5. The third-order valence-corrected chi connectivity index (χ3v) is 3.32. The number of nitrogens with zero attached hydrogens (tertiary/aromatic N) is 1. The summed E-state index contributed by atoms with van der Waals surface area (Å²) in [4.78, 5) is 25.4. The number of carbonyl (C=O) groups excluding carboxylic acids is 2. The van der Waals surface area contributed by atoms with Gasteiger partial charge < -0.3 is 10.2 Å². The van der Waals surface area contributed by atoms with Crippen LogP contribution in [0.5, 0.6) is 0 Å². The summed E-state index contributed by atoms with van der Waals surface area (Å²) in [5, 5.41) is 2.70. The number of carbonyl (C=O) groups is 2. The summed E-state index contributed by atoms with van der Waals surface area (Å²) in [5.41, 5.74) is 1.13. The van der Waals surface area contributed by atoms with Crippen molar-refractivity contribution in [1.29, 1.82) is 0 Å². The topological polar surface area (TPSA) is 49.4 Å². The Morgan fingerprint density at radius 2 is 2.16 bits per heavy atom. The molecule has 102 valence electrons. The molecule has 0 radical (unpaired) electrons. The highest BCUT2D eigenvalue weighted by atomic mass is 19.1. The number of rotatable bonds is 2. The summed E-state index contributed by atoms with van der Waals surface area (Å²) in [7, 11) is 0. The van der Waals surface area contributed by atoms with Crippen LogP contribution in [0.15, 0.2) is 18.2 Å². The molecule has 0 spiro atoms. The van der Waals surface area contributed by atoms with Crippen molar-refractivity contribution in [1.82, 2.24) is 5.32 Å². The average molecular weight is 264 g/mol. The van der Waals surface area contributed by atoms with E-state index in [1.165, 1.54) is 6.07 Å². The van der Waals surface area contributed by atoms with Crippen LogP contribution in [0.3, 0.4) is 0 Å². The van der Waals surface area contributed by atoms with Gasteiger partial charge in [-0.15, -0.1) is 0 Å². The van der Waals surface area contributed by atoms with Gasteiger partial charge in [0.1, 0.15) is 11.9 Å². The molecule has 1 fully saturated rings. The predicted molar refractivity (Wildman–Crippen MR) is 70.3 cm³/mol. The number of hydrogen-bond donors (Lipinski definition) is 1. The Bertz CT molecular complexity index is 516. The second kappa shape index (κ2) is 5.38. The van der Waals surface area contributed by atoms with Crippen molar-refractivity contribution in [3.8, 4) is 0 Å². The Morgan fingerprint density at radius 3 is 2.79 bits per heavy atom. The normalized spacial score (nSPS) is 20.2. The maximum Gasteiger partial charge on any atom is 0.249 e. The Morgan fingerprint density at radius 1 is 1.42 bits per heavy atom. The number of amides is 2. The Kier molecular flexibility index (Phi) is 3.83. The molecule has 0 aliphatic carbocycles. The lowest BCUT2D eigenvalue weighted by Crippen LogP contribution is -2.44. The molecule has 4 nitrogen and oxygen atoms in total. The molecule has 2 amide bonds. The van der Waals surface area contributed by atoms with Crippen LogP contribution in [0.25, 0.3) is 0 Å². The average Bonchev–Trinajstić information content (AvgIpc) is 2.53. The molecule has 1 aliphatic rings. The second-order valence-electron chi connectivity index (χ2n) is 4.70. The van der Waals surface area contributed by atoms with Gasteiger partial charge in [-0.3, -0.25) is 9.59 Å². The number of hydrogen-bond acceptors (Lipinski definition) is 2. The highest BCUT2D eigenvalue weighted by molar-refractivity contribution is 6.01. The van der Waals surface area contributed by atoms with E-state index >= 15 is 0 Å². The molecule has 1 atom stereocenters. The fourth-order valence-corrected chi connectivity index (χ4v) is 2.17. The van der Waals surface area contributed by atoms with Crippen molar-refractivity contribution in [2.45, 2.75) is 32.7 Å². The van der Waals surface area contributed by atoms with E-state index in [1.54, 1.807) is 24.0 Å². The number of anilines is 1. The molecule has 1 aliphatic heterocycles. The zero-order valence-corrected chi connectivity index (χ0v) is 11.1. The molecule has 0 aromatic heterocycles. The third-order valence-electron chi connectivity index (χ3n) is 3.32. The fraction of sp³-hybridized carbons (Fsp3) is 0.429. The fourth-order valence-electron chi connectivity index (χ4n) is 2.17. The number of nitrogens with one attached hydrogen (secondary N) is 1. The molecule has 1 saturated heterocycles. The first-order chi connectivity index (χ1) is 9.02. The minimum atomic E-state index is -0.500. The zero-order chi connectivity index (χ0) is 14.0. The van der Waals surface area contributed by atoms with Crippen LogP contribution in [0.4, 0.5) is 10.1 Å². The second-order valence-corrected chi connectivity index (χ2v) is 4.70. The standard InChI is InChI=1S/C14H17FN2O2/c1-3-12-14(19)17(7-6-13(18)16-12)10-4-5-11(15)9(2)8-10/h4-5,8,12H,3,6-7H2,1-2H3,(H,16,18). The lowest BCUT2D eigenvalue weighted by atomic mass is 10.1. The SMILES string of the molecule is CCC1NC(=O)CCN(c2ccc(F)c(C)c2)C1=O. The summed E-state index contributed by atoms with van der Waals surface area (Å²) in [6.45, 7) is 3.83. The van der Waals surface area contributed by atoms with Gasteiger partial charge in [-0.2, -0.15) is 0 Å².